The first-order chi connectivity index (χ1) is 8.90. The third-order valence-corrected chi connectivity index (χ3v) is 3.17. The van der Waals surface area contributed by atoms with E-state index in [9.17, 15) is 9.59 Å². The predicted octanol–water partition coefficient (Wildman–Crippen LogP) is 0.388. The number of nitrogens with zero attached hydrogens (tertiary/aromatic N) is 1. The lowest BCUT2D eigenvalue weighted by Gasteiger charge is -2.39. The Bertz CT molecular complexity index is 307. The molecule has 6 heteroatoms. The van der Waals surface area contributed by atoms with Crippen molar-refractivity contribution < 1.29 is 18.8 Å². The van der Waals surface area contributed by atoms with Crippen LogP contribution >= 0.6 is 0 Å². The van der Waals surface area contributed by atoms with E-state index in [1.54, 1.807) is 6.41 Å². The van der Waals surface area contributed by atoms with Gasteiger partial charge in [-0.3, -0.25) is 4.79 Å². The van der Waals surface area contributed by atoms with Gasteiger partial charge in [-0.1, -0.05) is 0 Å². The number of carbonyl (C=O) groups excluding carboxylic acids is 2. The van der Waals surface area contributed by atoms with Crippen molar-refractivity contribution >= 4 is 12.5 Å². The Hall–Kier alpha value is -1.14. The average Bonchev–Trinajstić information content (AvgIpc) is 2.34. The van der Waals surface area contributed by atoms with Crippen LogP contribution in [0.3, 0.4) is 0 Å². The van der Waals surface area contributed by atoms with Gasteiger partial charge in [-0.25, -0.2) is 4.48 Å². The molecule has 0 aliphatic carbocycles. The molecule has 1 aliphatic heterocycles. The summed E-state index contributed by atoms with van der Waals surface area (Å²) < 4.78 is 5.88. The van der Waals surface area contributed by atoms with Crippen LogP contribution in [0.4, 0.5) is 4.79 Å². The van der Waals surface area contributed by atoms with Gasteiger partial charge in [-0.15, -0.1) is 0 Å². The second-order valence-electron chi connectivity index (χ2n) is 5.93. The molecule has 0 unspecified atom stereocenters. The number of carbonyl (C=O) groups is 1. The number of nitrogens with one attached hydrogen (secondary N) is 2. The highest BCUT2D eigenvalue weighted by molar-refractivity contribution is 5.60. The summed E-state index contributed by atoms with van der Waals surface area (Å²) in [5.74, 6) is 0. The predicted molar refractivity (Wildman–Crippen MR) is 72.3 cm³/mol. The molecule has 6 nitrogen and oxygen atoms in total. The molecular weight excluding hydrogens is 246 g/mol. The zero-order chi connectivity index (χ0) is 14.4. The minimum absolute atomic E-state index is 0.163. The second kappa shape index (κ2) is 6.86. The molecule has 1 rings (SSSR count). The Morgan fingerprint density at radius 3 is 2.53 bits per heavy atom. The summed E-state index contributed by atoms with van der Waals surface area (Å²) in [6.07, 6.45) is 2.23. The fourth-order valence-corrected chi connectivity index (χ4v) is 2.20. The van der Waals surface area contributed by atoms with E-state index in [1.165, 1.54) is 0 Å². The van der Waals surface area contributed by atoms with Crippen LogP contribution in [0.1, 0.15) is 27.2 Å². The summed E-state index contributed by atoms with van der Waals surface area (Å²) in [6, 6.07) is 0. The van der Waals surface area contributed by atoms with Gasteiger partial charge in [0.15, 0.2) is 0 Å². The third-order valence-electron chi connectivity index (χ3n) is 3.17. The van der Waals surface area contributed by atoms with Crippen LogP contribution in [0.2, 0.25) is 0 Å². The van der Waals surface area contributed by atoms with Gasteiger partial charge in [-0.2, -0.15) is 4.79 Å². The average molecular weight is 271 g/mol. The van der Waals surface area contributed by atoms with Crippen LogP contribution in [-0.4, -0.2) is 61.9 Å². The van der Waals surface area contributed by atoms with Crippen molar-refractivity contribution in [1.82, 2.24) is 10.6 Å². The van der Waals surface area contributed by atoms with E-state index in [2.05, 4.69) is 10.6 Å². The van der Waals surface area contributed by atoms with Gasteiger partial charge in [0.2, 0.25) is 0 Å². The minimum atomic E-state index is -0.470. The molecule has 2 N–H and O–H groups in total. The van der Waals surface area contributed by atoms with Gasteiger partial charge >= 0.3 is 12.5 Å². The molecular formula is C13H25N3O3+. The Morgan fingerprint density at radius 2 is 2.00 bits per heavy atom. The van der Waals surface area contributed by atoms with Crippen molar-refractivity contribution in [2.75, 3.05) is 39.3 Å². The Balaban J connectivity index is 2.63. The number of ether oxygens (including phenoxy) is 1. The van der Waals surface area contributed by atoms with Crippen LogP contribution in [0, 0.1) is 0 Å². The van der Waals surface area contributed by atoms with Gasteiger partial charge < -0.3 is 15.4 Å². The van der Waals surface area contributed by atoms with Crippen LogP contribution < -0.4 is 10.6 Å². The monoisotopic (exact) mass is 271 g/mol. The van der Waals surface area contributed by atoms with Gasteiger partial charge in [-0.05, 0) is 20.8 Å². The summed E-state index contributed by atoms with van der Waals surface area (Å²) in [7, 11) is 0. The maximum Gasteiger partial charge on any atom is 0.516 e. The standard InChI is InChI=1S/C13H25N3O3/c1-13(2,3)19-12(18)16(8-4-5-15-11-17)9-6-14-7-10-16/h14H,4-10H2,1-3H3,(H,15,17)/q+1. The smallest absolute Gasteiger partial charge is 0.414 e. The van der Waals surface area contributed by atoms with E-state index in [4.69, 9.17) is 4.74 Å². The van der Waals surface area contributed by atoms with Crippen molar-refractivity contribution in [3.63, 3.8) is 0 Å². The molecule has 0 spiro atoms. The fourth-order valence-electron chi connectivity index (χ4n) is 2.20. The number of rotatable bonds is 5. The molecule has 0 aromatic rings. The van der Waals surface area contributed by atoms with Gasteiger partial charge in [0, 0.05) is 26.1 Å². The van der Waals surface area contributed by atoms with Crippen LogP contribution in [0.5, 0.6) is 0 Å². The highest BCUT2D eigenvalue weighted by Gasteiger charge is 2.41. The Kier molecular flexibility index (Phi) is 5.75. The molecule has 1 radical (unpaired) electrons. The SMILES string of the molecule is CC(C)(C)OC(=O)[N+]1(CCCN[C]=O)CCNCC1. The first-order valence-corrected chi connectivity index (χ1v) is 6.80. The van der Waals surface area contributed by atoms with Crippen molar-refractivity contribution in [3.8, 4) is 0 Å². The minimum Gasteiger partial charge on any atom is -0.414 e. The Morgan fingerprint density at radius 1 is 1.37 bits per heavy atom. The van der Waals surface area contributed by atoms with E-state index in [-0.39, 0.29) is 6.09 Å². The van der Waals surface area contributed by atoms with E-state index in [0.29, 0.717) is 17.6 Å². The van der Waals surface area contributed by atoms with Gasteiger partial charge in [0.1, 0.15) is 18.7 Å². The van der Waals surface area contributed by atoms with Crippen molar-refractivity contribution in [2.45, 2.75) is 32.8 Å². The molecule has 19 heavy (non-hydrogen) atoms. The zero-order valence-corrected chi connectivity index (χ0v) is 12.1. The normalized spacial score (nSPS) is 18.7. The van der Waals surface area contributed by atoms with Crippen molar-refractivity contribution in [1.29, 1.82) is 0 Å². The molecule has 0 saturated carbocycles. The lowest BCUT2D eigenvalue weighted by Crippen LogP contribution is -2.63. The first-order valence-electron chi connectivity index (χ1n) is 6.80. The zero-order valence-electron chi connectivity index (χ0n) is 12.1. The molecule has 1 fully saturated rings. The van der Waals surface area contributed by atoms with Gasteiger partial charge in [0.05, 0.1) is 6.54 Å². The molecule has 0 aromatic heterocycles. The molecule has 0 atom stereocenters. The number of hydrogen-bond acceptors (Lipinski definition) is 4. The molecule has 1 saturated heterocycles. The summed E-state index contributed by atoms with van der Waals surface area (Å²) in [4.78, 5) is 22.5. The highest BCUT2D eigenvalue weighted by Crippen LogP contribution is 2.18. The van der Waals surface area contributed by atoms with E-state index < -0.39 is 5.60 Å². The quantitative estimate of drug-likeness (QED) is 0.431. The maximum atomic E-state index is 12.4. The summed E-state index contributed by atoms with van der Waals surface area (Å²) >= 11 is 0. The van der Waals surface area contributed by atoms with Crippen LogP contribution in [-0.2, 0) is 9.53 Å². The third kappa shape index (κ3) is 5.16. The van der Waals surface area contributed by atoms with Crippen molar-refractivity contribution in [2.24, 2.45) is 0 Å². The number of quaternary nitrogens is 1. The summed E-state index contributed by atoms with van der Waals surface area (Å²) in [6.45, 7) is 9.97. The topological polar surface area (TPSA) is 67.4 Å². The Labute approximate surface area is 115 Å². The van der Waals surface area contributed by atoms with Crippen LogP contribution in [0.25, 0.3) is 0 Å². The molecule has 1 aliphatic rings. The maximum absolute atomic E-state index is 12.4. The number of piperazine rings is 1. The highest BCUT2D eigenvalue weighted by atomic mass is 16.6. The number of amides is 2. The van der Waals surface area contributed by atoms with Crippen molar-refractivity contribution in [3.05, 3.63) is 0 Å². The van der Waals surface area contributed by atoms with Gasteiger partial charge in [0.25, 0.3) is 0 Å². The molecule has 0 bridgehead atoms. The largest absolute Gasteiger partial charge is 0.516 e. The molecule has 0 aromatic carbocycles. The van der Waals surface area contributed by atoms with E-state index in [1.807, 2.05) is 20.8 Å². The number of hydrogen-bond donors (Lipinski definition) is 2. The van der Waals surface area contributed by atoms with E-state index >= 15 is 0 Å². The molecule has 109 valence electrons. The van der Waals surface area contributed by atoms with E-state index in [0.717, 1.165) is 32.6 Å². The lowest BCUT2D eigenvalue weighted by atomic mass is 10.2. The molecule has 2 amide bonds. The fraction of sp³-hybridized carbons (Fsp3) is 0.846. The lowest BCUT2D eigenvalue weighted by molar-refractivity contribution is -0.860. The first kappa shape index (κ1) is 15.9. The molecule has 1 heterocycles. The van der Waals surface area contributed by atoms with Crippen LogP contribution in [0.15, 0.2) is 0 Å². The second-order valence-corrected chi connectivity index (χ2v) is 5.93. The summed E-state index contributed by atoms with van der Waals surface area (Å²) in [5.41, 5.74) is -0.470. The summed E-state index contributed by atoms with van der Waals surface area (Å²) in [5, 5.41) is 5.77.